The van der Waals surface area contributed by atoms with Crippen molar-refractivity contribution in [2.24, 2.45) is 0 Å². The van der Waals surface area contributed by atoms with Gasteiger partial charge in [-0.3, -0.25) is 0 Å². The number of rotatable bonds is 8. The molecule has 21 heavy (non-hydrogen) atoms. The second kappa shape index (κ2) is 7.35. The van der Waals surface area contributed by atoms with E-state index in [1.165, 1.54) is 0 Å². The van der Waals surface area contributed by atoms with Crippen molar-refractivity contribution in [1.29, 1.82) is 0 Å². The van der Waals surface area contributed by atoms with Crippen LogP contribution in [0.5, 0.6) is 0 Å². The Kier molecular flexibility index (Phi) is 5.49. The number of H-pyrrole nitrogens is 1. The number of nitrogens with zero attached hydrogens (tertiary/aromatic N) is 1. The first-order valence-electron chi connectivity index (χ1n) is 6.88. The summed E-state index contributed by atoms with van der Waals surface area (Å²) in [6.07, 6.45) is 3.84. The molecule has 0 amide bonds. The molecule has 0 atom stereocenters. The molecule has 0 aliphatic heterocycles. The lowest BCUT2D eigenvalue weighted by Gasteiger charge is -2.08. The molecule has 6 nitrogen and oxygen atoms in total. The van der Waals surface area contributed by atoms with Crippen LogP contribution in [0.1, 0.15) is 18.2 Å². The highest BCUT2D eigenvalue weighted by molar-refractivity contribution is 7.89. The van der Waals surface area contributed by atoms with Crippen molar-refractivity contribution in [2.75, 3.05) is 13.1 Å². The van der Waals surface area contributed by atoms with Crippen molar-refractivity contribution in [3.05, 3.63) is 48.0 Å². The predicted molar refractivity (Wildman–Crippen MR) is 81.3 cm³/mol. The van der Waals surface area contributed by atoms with E-state index >= 15 is 0 Å². The van der Waals surface area contributed by atoms with E-state index in [4.69, 9.17) is 0 Å². The SMILES string of the molecule is CCNCc1cccc(S(=O)(=O)NCCc2cnc[nH]2)c1. The average Bonchev–Trinajstić information content (AvgIpc) is 2.98. The van der Waals surface area contributed by atoms with Gasteiger partial charge in [-0.2, -0.15) is 0 Å². The summed E-state index contributed by atoms with van der Waals surface area (Å²) in [5.74, 6) is 0. The molecule has 2 aromatic rings. The number of aromatic nitrogens is 2. The molecule has 114 valence electrons. The van der Waals surface area contributed by atoms with E-state index in [1.807, 2.05) is 13.0 Å². The van der Waals surface area contributed by atoms with Crippen LogP contribution in [0.15, 0.2) is 41.7 Å². The summed E-state index contributed by atoms with van der Waals surface area (Å²) in [6, 6.07) is 6.97. The first-order valence-corrected chi connectivity index (χ1v) is 8.36. The highest BCUT2D eigenvalue weighted by Gasteiger charge is 2.13. The van der Waals surface area contributed by atoms with Crippen molar-refractivity contribution in [3.8, 4) is 0 Å². The molecular weight excluding hydrogens is 288 g/mol. The summed E-state index contributed by atoms with van der Waals surface area (Å²) in [7, 11) is -3.47. The molecule has 0 spiro atoms. The monoisotopic (exact) mass is 308 g/mol. The van der Waals surface area contributed by atoms with Gasteiger partial charge < -0.3 is 10.3 Å². The van der Waals surface area contributed by atoms with E-state index in [0.717, 1.165) is 17.8 Å². The number of sulfonamides is 1. The highest BCUT2D eigenvalue weighted by Crippen LogP contribution is 2.11. The van der Waals surface area contributed by atoms with Crippen molar-refractivity contribution >= 4 is 10.0 Å². The maximum Gasteiger partial charge on any atom is 0.240 e. The Balaban J connectivity index is 1.98. The Hall–Kier alpha value is -1.70. The van der Waals surface area contributed by atoms with Crippen LogP contribution in [0.4, 0.5) is 0 Å². The summed E-state index contributed by atoms with van der Waals surface area (Å²) in [6.45, 7) is 3.85. The van der Waals surface area contributed by atoms with Gasteiger partial charge in [0.1, 0.15) is 0 Å². The van der Waals surface area contributed by atoms with Crippen LogP contribution in [0.3, 0.4) is 0 Å². The fraction of sp³-hybridized carbons (Fsp3) is 0.357. The van der Waals surface area contributed by atoms with E-state index in [2.05, 4.69) is 20.0 Å². The first kappa shape index (κ1) is 15.7. The van der Waals surface area contributed by atoms with Gasteiger partial charge in [-0.1, -0.05) is 19.1 Å². The minimum Gasteiger partial charge on any atom is -0.348 e. The normalized spacial score (nSPS) is 11.7. The zero-order valence-corrected chi connectivity index (χ0v) is 12.8. The fourth-order valence-electron chi connectivity index (χ4n) is 1.92. The Morgan fingerprint density at radius 2 is 2.19 bits per heavy atom. The molecule has 0 aliphatic rings. The smallest absolute Gasteiger partial charge is 0.240 e. The fourth-order valence-corrected chi connectivity index (χ4v) is 3.02. The minimum atomic E-state index is -3.47. The number of nitrogens with one attached hydrogen (secondary N) is 3. The van der Waals surface area contributed by atoms with Crippen LogP contribution in [0, 0.1) is 0 Å². The Labute approximate surface area is 125 Å². The van der Waals surface area contributed by atoms with Crippen LogP contribution >= 0.6 is 0 Å². The van der Waals surface area contributed by atoms with Gasteiger partial charge in [0.25, 0.3) is 0 Å². The molecule has 0 saturated carbocycles. The second-order valence-corrected chi connectivity index (χ2v) is 6.42. The topological polar surface area (TPSA) is 86.9 Å². The van der Waals surface area contributed by atoms with Gasteiger partial charge in [-0.05, 0) is 24.2 Å². The predicted octanol–water partition coefficient (Wildman–Crippen LogP) is 1.04. The summed E-state index contributed by atoms with van der Waals surface area (Å²) >= 11 is 0. The number of imidazole rings is 1. The summed E-state index contributed by atoms with van der Waals surface area (Å²) in [5, 5.41) is 3.18. The third-order valence-electron chi connectivity index (χ3n) is 3.03. The van der Waals surface area contributed by atoms with Crippen LogP contribution in [-0.2, 0) is 23.0 Å². The van der Waals surface area contributed by atoms with Gasteiger partial charge in [0.2, 0.25) is 10.0 Å². The molecular formula is C14H20N4O2S. The van der Waals surface area contributed by atoms with Crippen LogP contribution < -0.4 is 10.0 Å². The average molecular weight is 308 g/mol. The molecule has 1 aromatic carbocycles. The quantitative estimate of drug-likeness (QED) is 0.680. The van der Waals surface area contributed by atoms with E-state index in [-0.39, 0.29) is 0 Å². The Bertz CT molecular complexity index is 653. The Morgan fingerprint density at radius 3 is 2.90 bits per heavy atom. The zero-order chi connectivity index (χ0) is 15.1. The molecule has 1 heterocycles. The van der Waals surface area contributed by atoms with Crippen molar-refractivity contribution in [2.45, 2.75) is 24.8 Å². The van der Waals surface area contributed by atoms with Gasteiger partial charge in [0, 0.05) is 31.4 Å². The Morgan fingerprint density at radius 1 is 1.33 bits per heavy atom. The summed E-state index contributed by atoms with van der Waals surface area (Å²) in [5.41, 5.74) is 1.85. The van der Waals surface area contributed by atoms with Crippen molar-refractivity contribution < 1.29 is 8.42 Å². The molecule has 0 saturated heterocycles. The largest absolute Gasteiger partial charge is 0.348 e. The summed E-state index contributed by atoms with van der Waals surface area (Å²) < 4.78 is 27.1. The second-order valence-electron chi connectivity index (χ2n) is 4.65. The minimum absolute atomic E-state index is 0.294. The zero-order valence-electron chi connectivity index (χ0n) is 12.0. The van der Waals surface area contributed by atoms with Gasteiger partial charge >= 0.3 is 0 Å². The van der Waals surface area contributed by atoms with E-state index in [9.17, 15) is 8.42 Å². The van der Waals surface area contributed by atoms with Crippen molar-refractivity contribution in [3.63, 3.8) is 0 Å². The number of benzene rings is 1. The molecule has 0 fully saturated rings. The third-order valence-corrected chi connectivity index (χ3v) is 4.49. The molecule has 0 unspecified atom stereocenters. The van der Waals surface area contributed by atoms with Gasteiger partial charge in [0.15, 0.2) is 0 Å². The van der Waals surface area contributed by atoms with Gasteiger partial charge in [0.05, 0.1) is 11.2 Å². The third kappa shape index (κ3) is 4.66. The lowest BCUT2D eigenvalue weighted by atomic mass is 10.2. The molecule has 0 bridgehead atoms. The first-order chi connectivity index (χ1) is 10.1. The lowest BCUT2D eigenvalue weighted by Crippen LogP contribution is -2.26. The number of hydrogen-bond donors (Lipinski definition) is 3. The standard InChI is InChI=1S/C14H20N4O2S/c1-2-15-9-12-4-3-5-14(8-12)21(19,20)18-7-6-13-10-16-11-17-13/h3-5,8,10-11,15,18H,2,6-7,9H2,1H3,(H,16,17). The van der Waals surface area contributed by atoms with Crippen LogP contribution in [0.2, 0.25) is 0 Å². The number of aromatic amines is 1. The van der Waals surface area contributed by atoms with Crippen LogP contribution in [-0.4, -0.2) is 31.5 Å². The van der Waals surface area contributed by atoms with E-state index in [1.54, 1.807) is 30.7 Å². The van der Waals surface area contributed by atoms with Crippen LogP contribution in [0.25, 0.3) is 0 Å². The molecule has 1 aromatic heterocycles. The molecule has 0 aliphatic carbocycles. The highest BCUT2D eigenvalue weighted by atomic mass is 32.2. The molecule has 2 rings (SSSR count). The number of hydrogen-bond acceptors (Lipinski definition) is 4. The summed E-state index contributed by atoms with van der Waals surface area (Å²) in [4.78, 5) is 7.13. The maximum atomic E-state index is 12.2. The van der Waals surface area contributed by atoms with Gasteiger partial charge in [-0.15, -0.1) is 0 Å². The lowest BCUT2D eigenvalue weighted by molar-refractivity contribution is 0.581. The van der Waals surface area contributed by atoms with E-state index in [0.29, 0.717) is 24.4 Å². The van der Waals surface area contributed by atoms with Gasteiger partial charge in [-0.25, -0.2) is 18.1 Å². The maximum absolute atomic E-state index is 12.2. The van der Waals surface area contributed by atoms with E-state index < -0.39 is 10.0 Å². The van der Waals surface area contributed by atoms with Crippen molar-refractivity contribution in [1.82, 2.24) is 20.0 Å². The molecule has 7 heteroatoms. The molecule has 3 N–H and O–H groups in total. The molecule has 0 radical (unpaired) electrons.